The Balaban J connectivity index is 2.36. The van der Waals surface area contributed by atoms with Crippen LogP contribution >= 0.6 is 0 Å². The molecule has 0 aliphatic carbocycles. The quantitative estimate of drug-likeness (QED) is 0.428. The van der Waals surface area contributed by atoms with E-state index in [0.29, 0.717) is 13.1 Å². The molecule has 2 rings (SSSR count). The van der Waals surface area contributed by atoms with Crippen molar-refractivity contribution in [2.24, 2.45) is 5.92 Å². The first-order valence-electron chi connectivity index (χ1n) is 3.53. The van der Waals surface area contributed by atoms with E-state index in [1.54, 1.807) is 0 Å². The fraction of sp³-hybridized carbons (Fsp3) is 0.429. The molecule has 4 nitrogen and oxygen atoms in total. The summed E-state index contributed by atoms with van der Waals surface area (Å²) in [4.78, 5) is 22.1. The molecule has 2 aliphatic rings. The van der Waals surface area contributed by atoms with Gasteiger partial charge in [0.1, 0.15) is 5.92 Å². The van der Waals surface area contributed by atoms with Gasteiger partial charge in [-0.05, 0) is 6.08 Å². The van der Waals surface area contributed by atoms with Crippen LogP contribution in [-0.2, 0) is 9.59 Å². The van der Waals surface area contributed by atoms with Gasteiger partial charge in [-0.1, -0.05) is 0 Å². The predicted octanol–water partition coefficient (Wildman–Crippen LogP) is -1.21. The van der Waals surface area contributed by atoms with Crippen LogP contribution in [0.3, 0.4) is 0 Å². The average Bonchev–Trinajstić information content (AvgIpc) is 2.34. The molecule has 2 heterocycles. The molecule has 0 bridgehead atoms. The molecule has 4 heteroatoms. The van der Waals surface area contributed by atoms with Crippen LogP contribution in [0.25, 0.3) is 0 Å². The number of nitrogens with one attached hydrogen (secondary N) is 2. The van der Waals surface area contributed by atoms with Gasteiger partial charge < -0.3 is 10.6 Å². The first kappa shape index (κ1) is 6.39. The minimum Gasteiger partial charge on any atom is -0.380 e. The van der Waals surface area contributed by atoms with Gasteiger partial charge in [0.05, 0.1) is 6.54 Å². The smallest absolute Gasteiger partial charge is 0.236 e. The lowest BCUT2D eigenvalue weighted by atomic mass is 10.0. The van der Waals surface area contributed by atoms with E-state index in [9.17, 15) is 9.59 Å². The second kappa shape index (κ2) is 2.08. The maximum absolute atomic E-state index is 11.1. The topological polar surface area (TPSA) is 58.2 Å². The van der Waals surface area contributed by atoms with Crippen molar-refractivity contribution in [3.8, 4) is 0 Å². The highest BCUT2D eigenvalue weighted by molar-refractivity contribution is 6.07. The molecule has 58 valence electrons. The SMILES string of the molecule is O=C1CNC2=CCNC(=O)C12. The van der Waals surface area contributed by atoms with Gasteiger partial charge >= 0.3 is 0 Å². The third-order valence-electron chi connectivity index (χ3n) is 1.96. The van der Waals surface area contributed by atoms with Gasteiger partial charge in [0.25, 0.3) is 0 Å². The Morgan fingerprint density at radius 3 is 2.91 bits per heavy atom. The van der Waals surface area contributed by atoms with Crippen LogP contribution in [0.2, 0.25) is 0 Å². The molecule has 1 unspecified atom stereocenters. The van der Waals surface area contributed by atoms with Crippen molar-refractivity contribution in [3.05, 3.63) is 11.8 Å². The van der Waals surface area contributed by atoms with Crippen LogP contribution in [0.1, 0.15) is 0 Å². The molecule has 2 aliphatic heterocycles. The first-order valence-corrected chi connectivity index (χ1v) is 3.53. The molecule has 0 aromatic heterocycles. The summed E-state index contributed by atoms with van der Waals surface area (Å²) in [6.45, 7) is 0.828. The van der Waals surface area contributed by atoms with E-state index in [-0.39, 0.29) is 11.7 Å². The highest BCUT2D eigenvalue weighted by Gasteiger charge is 2.36. The molecule has 2 N–H and O–H groups in total. The third kappa shape index (κ3) is 0.824. The standard InChI is InChI=1S/C7H8N2O2/c10-5-3-9-4-1-2-8-7(11)6(4)5/h1,6,9H,2-3H2,(H,8,11). The number of carbonyl (C=O) groups excluding carboxylic acids is 2. The Morgan fingerprint density at radius 1 is 1.36 bits per heavy atom. The van der Waals surface area contributed by atoms with E-state index in [2.05, 4.69) is 10.6 Å². The molecule has 1 saturated heterocycles. The Labute approximate surface area is 63.7 Å². The fourth-order valence-corrected chi connectivity index (χ4v) is 1.41. The summed E-state index contributed by atoms with van der Waals surface area (Å²) < 4.78 is 0. The number of amides is 1. The summed E-state index contributed by atoms with van der Waals surface area (Å²) >= 11 is 0. The van der Waals surface area contributed by atoms with Crippen LogP contribution in [0.5, 0.6) is 0 Å². The molecule has 0 spiro atoms. The molecule has 1 atom stereocenters. The molecule has 0 aromatic rings. The van der Waals surface area contributed by atoms with Crippen LogP contribution < -0.4 is 10.6 Å². The lowest BCUT2D eigenvalue weighted by Crippen LogP contribution is -2.38. The Morgan fingerprint density at radius 2 is 2.18 bits per heavy atom. The van der Waals surface area contributed by atoms with Crippen molar-refractivity contribution in [1.29, 1.82) is 0 Å². The number of carbonyl (C=O) groups is 2. The van der Waals surface area contributed by atoms with E-state index in [1.165, 1.54) is 0 Å². The lowest BCUT2D eigenvalue weighted by molar-refractivity contribution is -0.130. The van der Waals surface area contributed by atoms with E-state index in [4.69, 9.17) is 0 Å². The van der Waals surface area contributed by atoms with Crippen LogP contribution in [0, 0.1) is 5.92 Å². The zero-order valence-corrected chi connectivity index (χ0v) is 5.89. The highest BCUT2D eigenvalue weighted by atomic mass is 16.2. The van der Waals surface area contributed by atoms with Gasteiger partial charge in [-0.3, -0.25) is 9.59 Å². The van der Waals surface area contributed by atoms with Crippen molar-refractivity contribution in [1.82, 2.24) is 10.6 Å². The average molecular weight is 152 g/mol. The maximum Gasteiger partial charge on any atom is 0.236 e. The molecular weight excluding hydrogens is 144 g/mol. The monoisotopic (exact) mass is 152 g/mol. The largest absolute Gasteiger partial charge is 0.380 e. The lowest BCUT2D eigenvalue weighted by Gasteiger charge is -2.14. The van der Waals surface area contributed by atoms with Gasteiger partial charge in [-0.2, -0.15) is 0 Å². The summed E-state index contributed by atoms with van der Waals surface area (Å²) in [7, 11) is 0. The molecule has 11 heavy (non-hydrogen) atoms. The molecule has 0 saturated carbocycles. The number of Topliss-reactive ketones (excluding diaryl/α,β-unsaturated/α-hetero) is 1. The van der Waals surface area contributed by atoms with E-state index < -0.39 is 5.92 Å². The van der Waals surface area contributed by atoms with Crippen LogP contribution in [-0.4, -0.2) is 24.8 Å². The predicted molar refractivity (Wildman–Crippen MR) is 37.6 cm³/mol. The first-order chi connectivity index (χ1) is 5.29. The van der Waals surface area contributed by atoms with E-state index in [1.807, 2.05) is 6.08 Å². The number of fused-ring (bicyclic) bond motifs is 1. The van der Waals surface area contributed by atoms with Gasteiger partial charge in [0.15, 0.2) is 5.78 Å². The second-order valence-corrected chi connectivity index (χ2v) is 2.66. The third-order valence-corrected chi connectivity index (χ3v) is 1.96. The number of hydrogen-bond acceptors (Lipinski definition) is 3. The molecule has 0 radical (unpaired) electrons. The van der Waals surface area contributed by atoms with Crippen molar-refractivity contribution >= 4 is 11.7 Å². The van der Waals surface area contributed by atoms with Crippen LogP contribution in [0.15, 0.2) is 11.8 Å². The van der Waals surface area contributed by atoms with Gasteiger partial charge in [0.2, 0.25) is 5.91 Å². The summed E-state index contributed by atoms with van der Waals surface area (Å²) in [5.41, 5.74) is 0.777. The van der Waals surface area contributed by atoms with E-state index in [0.717, 1.165) is 5.70 Å². The summed E-state index contributed by atoms with van der Waals surface area (Å²) in [6, 6.07) is 0. The summed E-state index contributed by atoms with van der Waals surface area (Å²) in [5, 5.41) is 5.50. The normalized spacial score (nSPS) is 28.7. The molecule has 1 fully saturated rings. The summed E-state index contributed by atoms with van der Waals surface area (Å²) in [5.74, 6) is -0.741. The number of rotatable bonds is 0. The molecule has 0 aromatic carbocycles. The highest BCUT2D eigenvalue weighted by Crippen LogP contribution is 2.17. The Hall–Kier alpha value is -1.32. The summed E-state index contributed by atoms with van der Waals surface area (Å²) in [6.07, 6.45) is 1.84. The Bertz CT molecular complexity index is 257. The Kier molecular flexibility index (Phi) is 1.21. The number of hydrogen-bond donors (Lipinski definition) is 2. The fourth-order valence-electron chi connectivity index (χ4n) is 1.41. The van der Waals surface area contributed by atoms with Crippen molar-refractivity contribution in [3.63, 3.8) is 0 Å². The second-order valence-electron chi connectivity index (χ2n) is 2.66. The number of ketones is 1. The van der Waals surface area contributed by atoms with E-state index >= 15 is 0 Å². The maximum atomic E-state index is 11.1. The zero-order valence-electron chi connectivity index (χ0n) is 5.89. The van der Waals surface area contributed by atoms with Crippen molar-refractivity contribution < 1.29 is 9.59 Å². The van der Waals surface area contributed by atoms with Crippen LogP contribution in [0.4, 0.5) is 0 Å². The molecular formula is C7H8N2O2. The minimum absolute atomic E-state index is 0.0338. The zero-order chi connectivity index (χ0) is 7.84. The van der Waals surface area contributed by atoms with Crippen molar-refractivity contribution in [2.45, 2.75) is 0 Å². The van der Waals surface area contributed by atoms with Gasteiger partial charge in [-0.15, -0.1) is 0 Å². The van der Waals surface area contributed by atoms with Gasteiger partial charge in [0, 0.05) is 12.2 Å². The molecule has 1 amide bonds. The van der Waals surface area contributed by atoms with Crippen molar-refractivity contribution in [2.75, 3.05) is 13.1 Å². The minimum atomic E-state index is -0.538. The van der Waals surface area contributed by atoms with Gasteiger partial charge in [-0.25, -0.2) is 0 Å².